The van der Waals surface area contributed by atoms with Crippen LogP contribution in [0.4, 0.5) is 5.69 Å². The van der Waals surface area contributed by atoms with Gasteiger partial charge in [0, 0.05) is 18.1 Å². The molecule has 23 heavy (non-hydrogen) atoms. The van der Waals surface area contributed by atoms with Gasteiger partial charge in [-0.25, -0.2) is 0 Å². The van der Waals surface area contributed by atoms with Crippen molar-refractivity contribution in [1.29, 1.82) is 0 Å². The fraction of sp³-hybridized carbons (Fsp3) is 0.562. The van der Waals surface area contributed by atoms with Crippen molar-refractivity contribution in [3.05, 3.63) is 33.9 Å². The lowest BCUT2D eigenvalue weighted by Gasteiger charge is -2.27. The molecule has 0 N–H and O–H groups in total. The van der Waals surface area contributed by atoms with Crippen LogP contribution in [0.3, 0.4) is 0 Å². The number of carbonyl (C=O) groups excluding carboxylic acids is 1. The van der Waals surface area contributed by atoms with Crippen LogP contribution >= 0.6 is 0 Å². The monoisotopic (exact) mass is 322 g/mol. The molecule has 7 heteroatoms. The number of carboxylic acids is 1. The third-order valence-electron chi connectivity index (χ3n) is 3.88. The van der Waals surface area contributed by atoms with Gasteiger partial charge in [-0.3, -0.25) is 10.1 Å². The van der Waals surface area contributed by atoms with Crippen molar-refractivity contribution in [2.45, 2.75) is 57.8 Å². The molecule has 1 fully saturated rings. The lowest BCUT2D eigenvalue weighted by molar-refractivity contribution is -0.386. The summed E-state index contributed by atoms with van der Waals surface area (Å²) in [4.78, 5) is 21.4. The number of ether oxygens (including phenoxy) is 2. The first-order chi connectivity index (χ1) is 11.0. The average molecular weight is 322 g/mol. The predicted molar refractivity (Wildman–Crippen MR) is 80.1 cm³/mol. The van der Waals surface area contributed by atoms with Gasteiger partial charge in [-0.1, -0.05) is 26.2 Å². The fourth-order valence-electron chi connectivity index (χ4n) is 2.65. The smallest absolute Gasteiger partial charge is 0.311 e. The number of hydrogen-bond donors (Lipinski definition) is 0. The Bertz CT molecular complexity index is 568. The molecule has 7 nitrogen and oxygen atoms in total. The number of carboxylic acid groups (broad SMARTS) is 1. The molecule has 2 rings (SSSR count). The number of nitro benzene ring substituents is 1. The summed E-state index contributed by atoms with van der Waals surface area (Å²) in [5.74, 6) is -1.52. The SMILES string of the molecule is CCC(Oc1cc(C(=O)[O-])ccc1[N+](=O)[O-])OC1CCCCC1. The number of aromatic carboxylic acids is 1. The van der Waals surface area contributed by atoms with Gasteiger partial charge in [0.15, 0.2) is 6.29 Å². The number of nitro groups is 1. The zero-order chi connectivity index (χ0) is 16.8. The summed E-state index contributed by atoms with van der Waals surface area (Å²) in [5, 5.41) is 22.0. The van der Waals surface area contributed by atoms with Gasteiger partial charge in [0.05, 0.1) is 17.0 Å². The van der Waals surface area contributed by atoms with E-state index in [0.29, 0.717) is 6.42 Å². The Hall–Kier alpha value is -2.15. The van der Waals surface area contributed by atoms with Gasteiger partial charge in [-0.15, -0.1) is 0 Å². The molecule has 0 aliphatic heterocycles. The number of hydrogen-bond acceptors (Lipinski definition) is 6. The lowest BCUT2D eigenvalue weighted by Crippen LogP contribution is -2.28. The maximum Gasteiger partial charge on any atom is 0.311 e. The van der Waals surface area contributed by atoms with Crippen molar-refractivity contribution >= 4 is 11.7 Å². The molecule has 126 valence electrons. The van der Waals surface area contributed by atoms with E-state index < -0.39 is 17.2 Å². The average Bonchev–Trinajstić information content (AvgIpc) is 2.54. The second kappa shape index (κ2) is 7.92. The Morgan fingerprint density at radius 2 is 2.04 bits per heavy atom. The van der Waals surface area contributed by atoms with Gasteiger partial charge in [-0.2, -0.15) is 0 Å². The van der Waals surface area contributed by atoms with Crippen LogP contribution in [0, 0.1) is 10.1 Å². The summed E-state index contributed by atoms with van der Waals surface area (Å²) in [6.07, 6.45) is 5.22. The van der Waals surface area contributed by atoms with Crippen LogP contribution in [-0.2, 0) is 4.74 Å². The Kier molecular flexibility index (Phi) is 5.92. The maximum absolute atomic E-state index is 11.1. The molecular formula is C16H20NO6-. The molecule has 0 radical (unpaired) electrons. The highest BCUT2D eigenvalue weighted by Gasteiger charge is 2.23. The van der Waals surface area contributed by atoms with E-state index in [0.717, 1.165) is 43.9 Å². The maximum atomic E-state index is 11.1. The number of benzene rings is 1. The molecule has 1 aliphatic rings. The van der Waals surface area contributed by atoms with E-state index in [1.807, 2.05) is 6.92 Å². The topological polar surface area (TPSA) is 102 Å². The van der Waals surface area contributed by atoms with Crippen LogP contribution in [0.15, 0.2) is 18.2 Å². The zero-order valence-corrected chi connectivity index (χ0v) is 13.0. The van der Waals surface area contributed by atoms with E-state index in [1.165, 1.54) is 6.42 Å². The Morgan fingerprint density at radius 3 is 2.61 bits per heavy atom. The molecule has 1 atom stereocenters. The molecule has 0 spiro atoms. The van der Waals surface area contributed by atoms with Crippen molar-refractivity contribution in [3.63, 3.8) is 0 Å². The summed E-state index contributed by atoms with van der Waals surface area (Å²) in [6, 6.07) is 3.34. The normalized spacial score (nSPS) is 16.7. The molecule has 1 aliphatic carbocycles. The highest BCUT2D eigenvalue weighted by atomic mass is 16.7. The minimum atomic E-state index is -1.41. The largest absolute Gasteiger partial charge is 0.545 e. The van der Waals surface area contributed by atoms with Gasteiger partial charge in [0.1, 0.15) is 0 Å². The molecule has 0 saturated heterocycles. The van der Waals surface area contributed by atoms with E-state index in [1.54, 1.807) is 0 Å². The first kappa shape index (κ1) is 17.2. The summed E-state index contributed by atoms with van der Waals surface area (Å²) in [5.41, 5.74) is -0.459. The zero-order valence-electron chi connectivity index (χ0n) is 13.0. The van der Waals surface area contributed by atoms with E-state index in [4.69, 9.17) is 9.47 Å². The van der Waals surface area contributed by atoms with Crippen LogP contribution in [0.1, 0.15) is 55.8 Å². The van der Waals surface area contributed by atoms with Gasteiger partial charge < -0.3 is 19.4 Å². The third kappa shape index (κ3) is 4.66. The summed E-state index contributed by atoms with van der Waals surface area (Å²) in [6.45, 7) is 1.85. The van der Waals surface area contributed by atoms with Crippen LogP contribution in [0.25, 0.3) is 0 Å². The quantitative estimate of drug-likeness (QED) is 0.434. The van der Waals surface area contributed by atoms with Crippen molar-refractivity contribution in [2.24, 2.45) is 0 Å². The molecular weight excluding hydrogens is 302 g/mol. The first-order valence-electron chi connectivity index (χ1n) is 7.83. The van der Waals surface area contributed by atoms with E-state index in [2.05, 4.69) is 0 Å². The van der Waals surface area contributed by atoms with E-state index >= 15 is 0 Å². The Labute approximate surface area is 134 Å². The summed E-state index contributed by atoms with van der Waals surface area (Å²) < 4.78 is 11.5. The fourth-order valence-corrected chi connectivity index (χ4v) is 2.65. The van der Waals surface area contributed by atoms with E-state index in [-0.39, 0.29) is 23.1 Å². The van der Waals surface area contributed by atoms with Crippen LogP contribution in [0.2, 0.25) is 0 Å². The molecule has 1 aromatic rings. The van der Waals surface area contributed by atoms with Gasteiger partial charge in [-0.05, 0) is 25.0 Å². The standard InChI is InChI=1S/C16H21NO6/c1-2-15(22-12-6-4-3-5-7-12)23-14-10-11(16(18)19)8-9-13(14)17(20)21/h8-10,12,15H,2-7H2,1H3,(H,18,19)/p-1. The summed E-state index contributed by atoms with van der Waals surface area (Å²) in [7, 11) is 0. The second-order valence-corrected chi connectivity index (χ2v) is 5.58. The molecule has 0 amide bonds. The molecule has 0 aromatic heterocycles. The summed E-state index contributed by atoms with van der Waals surface area (Å²) >= 11 is 0. The number of nitrogens with zero attached hydrogens (tertiary/aromatic N) is 1. The minimum absolute atomic E-state index is 0.0806. The van der Waals surface area contributed by atoms with Crippen LogP contribution < -0.4 is 9.84 Å². The molecule has 0 bridgehead atoms. The first-order valence-corrected chi connectivity index (χ1v) is 7.83. The Morgan fingerprint density at radius 1 is 1.35 bits per heavy atom. The molecule has 1 aromatic carbocycles. The molecule has 0 heterocycles. The molecule has 1 saturated carbocycles. The minimum Gasteiger partial charge on any atom is -0.545 e. The third-order valence-corrected chi connectivity index (χ3v) is 3.88. The van der Waals surface area contributed by atoms with Gasteiger partial charge >= 0.3 is 5.69 Å². The van der Waals surface area contributed by atoms with Crippen LogP contribution in [0.5, 0.6) is 5.75 Å². The molecule has 1 unspecified atom stereocenters. The highest BCUT2D eigenvalue weighted by molar-refractivity contribution is 5.87. The predicted octanol–water partition coefficient (Wildman–Crippen LogP) is 2.42. The number of rotatable bonds is 7. The van der Waals surface area contributed by atoms with Crippen molar-refractivity contribution in [3.8, 4) is 5.75 Å². The highest BCUT2D eigenvalue weighted by Crippen LogP contribution is 2.30. The Balaban J connectivity index is 2.15. The lowest BCUT2D eigenvalue weighted by atomic mass is 9.98. The van der Waals surface area contributed by atoms with Crippen molar-refractivity contribution < 1.29 is 24.3 Å². The van der Waals surface area contributed by atoms with E-state index in [9.17, 15) is 20.0 Å². The van der Waals surface area contributed by atoms with Gasteiger partial charge in [0.2, 0.25) is 5.75 Å². The number of carbonyl (C=O) groups is 1. The second-order valence-electron chi connectivity index (χ2n) is 5.58. The van der Waals surface area contributed by atoms with Gasteiger partial charge in [0.25, 0.3) is 0 Å². The van der Waals surface area contributed by atoms with Crippen molar-refractivity contribution in [2.75, 3.05) is 0 Å². The van der Waals surface area contributed by atoms with Crippen LogP contribution in [-0.4, -0.2) is 23.3 Å². The van der Waals surface area contributed by atoms with Crippen molar-refractivity contribution in [1.82, 2.24) is 0 Å².